The predicted octanol–water partition coefficient (Wildman–Crippen LogP) is 2.64. The molecule has 0 aliphatic carbocycles. The van der Waals surface area contributed by atoms with E-state index in [1.807, 2.05) is 0 Å². The van der Waals surface area contributed by atoms with Crippen LogP contribution in [0.1, 0.15) is 5.56 Å². The summed E-state index contributed by atoms with van der Waals surface area (Å²) in [6, 6.07) is 7.38. The standard InChI is InChI=1S/C12H9BrN4O4/c13-8-2-3-10(9(5-8)17(19)20)21-11-4-1-7(6-15-11)12(14)16-18/h1-6,18H,(H2,14,16). The monoisotopic (exact) mass is 352 g/mol. The van der Waals surface area contributed by atoms with Gasteiger partial charge in [-0.15, -0.1) is 0 Å². The van der Waals surface area contributed by atoms with E-state index in [0.717, 1.165) is 0 Å². The van der Waals surface area contributed by atoms with E-state index in [2.05, 4.69) is 26.1 Å². The van der Waals surface area contributed by atoms with Gasteiger partial charge in [0.1, 0.15) is 0 Å². The second-order valence-electron chi connectivity index (χ2n) is 3.84. The van der Waals surface area contributed by atoms with E-state index in [1.165, 1.54) is 30.5 Å². The Labute approximate surface area is 127 Å². The molecule has 108 valence electrons. The van der Waals surface area contributed by atoms with Gasteiger partial charge >= 0.3 is 5.69 Å². The Bertz CT molecular complexity index is 703. The van der Waals surface area contributed by atoms with Crippen molar-refractivity contribution in [2.45, 2.75) is 0 Å². The number of nitrogens with two attached hydrogens (primary N) is 1. The number of nitro groups is 1. The van der Waals surface area contributed by atoms with Crippen LogP contribution in [0, 0.1) is 10.1 Å². The molecule has 0 saturated carbocycles. The van der Waals surface area contributed by atoms with Crippen molar-refractivity contribution in [1.29, 1.82) is 0 Å². The minimum absolute atomic E-state index is 0.0623. The van der Waals surface area contributed by atoms with Crippen molar-refractivity contribution in [2.75, 3.05) is 0 Å². The highest BCUT2D eigenvalue weighted by molar-refractivity contribution is 9.10. The van der Waals surface area contributed by atoms with Crippen LogP contribution in [0.25, 0.3) is 0 Å². The van der Waals surface area contributed by atoms with Crippen molar-refractivity contribution < 1.29 is 14.9 Å². The minimum Gasteiger partial charge on any atom is -0.432 e. The Hall–Kier alpha value is -2.68. The summed E-state index contributed by atoms with van der Waals surface area (Å²) in [5.41, 5.74) is 5.61. The predicted molar refractivity (Wildman–Crippen MR) is 77.6 cm³/mol. The lowest BCUT2D eigenvalue weighted by Gasteiger charge is -2.06. The van der Waals surface area contributed by atoms with Gasteiger partial charge in [0.05, 0.1) is 4.92 Å². The zero-order valence-corrected chi connectivity index (χ0v) is 12.0. The molecule has 1 aromatic carbocycles. The molecular weight excluding hydrogens is 344 g/mol. The lowest BCUT2D eigenvalue weighted by atomic mass is 10.2. The molecule has 21 heavy (non-hydrogen) atoms. The summed E-state index contributed by atoms with van der Waals surface area (Å²) in [4.78, 5) is 14.4. The molecule has 0 aliphatic rings. The molecule has 0 atom stereocenters. The van der Waals surface area contributed by atoms with Crippen LogP contribution in [0.2, 0.25) is 0 Å². The maximum atomic E-state index is 11.0. The molecule has 3 N–H and O–H groups in total. The lowest BCUT2D eigenvalue weighted by Crippen LogP contribution is -2.13. The van der Waals surface area contributed by atoms with Gasteiger partial charge in [0.15, 0.2) is 5.84 Å². The molecule has 0 radical (unpaired) electrons. The second-order valence-corrected chi connectivity index (χ2v) is 4.76. The average Bonchev–Trinajstić information content (AvgIpc) is 2.49. The Balaban J connectivity index is 2.28. The van der Waals surface area contributed by atoms with Crippen molar-refractivity contribution in [3.8, 4) is 11.6 Å². The quantitative estimate of drug-likeness (QED) is 0.286. The molecule has 1 heterocycles. The topological polar surface area (TPSA) is 124 Å². The Kier molecular flexibility index (Phi) is 4.33. The number of oxime groups is 1. The molecule has 2 aromatic rings. The van der Waals surface area contributed by atoms with Gasteiger partial charge in [0.2, 0.25) is 11.6 Å². The Morgan fingerprint density at radius 1 is 1.43 bits per heavy atom. The molecule has 0 aliphatic heterocycles. The third kappa shape index (κ3) is 3.45. The maximum Gasteiger partial charge on any atom is 0.312 e. The SMILES string of the molecule is NC(=NO)c1ccc(Oc2ccc(Br)cc2[N+](=O)[O-])nc1. The van der Waals surface area contributed by atoms with Crippen molar-refractivity contribution >= 4 is 27.5 Å². The van der Waals surface area contributed by atoms with Crippen LogP contribution in [0.3, 0.4) is 0 Å². The van der Waals surface area contributed by atoms with Crippen molar-refractivity contribution in [2.24, 2.45) is 10.9 Å². The van der Waals surface area contributed by atoms with Gasteiger partial charge in [-0.3, -0.25) is 10.1 Å². The van der Waals surface area contributed by atoms with Crippen molar-refractivity contribution in [3.05, 3.63) is 56.7 Å². The first-order valence-electron chi connectivity index (χ1n) is 5.57. The zero-order valence-electron chi connectivity index (χ0n) is 10.4. The maximum absolute atomic E-state index is 11.0. The summed E-state index contributed by atoms with van der Waals surface area (Å²) in [5.74, 6) is 0.117. The molecule has 0 spiro atoms. The van der Waals surface area contributed by atoms with Crippen molar-refractivity contribution in [1.82, 2.24) is 4.98 Å². The summed E-state index contributed by atoms with van der Waals surface area (Å²) in [5, 5.41) is 22.3. The summed E-state index contributed by atoms with van der Waals surface area (Å²) in [6.45, 7) is 0. The molecule has 8 nitrogen and oxygen atoms in total. The Morgan fingerprint density at radius 2 is 2.19 bits per heavy atom. The highest BCUT2D eigenvalue weighted by Crippen LogP contribution is 2.32. The number of amidine groups is 1. The lowest BCUT2D eigenvalue weighted by molar-refractivity contribution is -0.385. The first kappa shape index (κ1) is 14.7. The number of rotatable bonds is 4. The first-order chi connectivity index (χ1) is 10.0. The van der Waals surface area contributed by atoms with E-state index in [-0.39, 0.29) is 23.2 Å². The second kappa shape index (κ2) is 6.18. The number of hydrogen-bond acceptors (Lipinski definition) is 6. The van der Waals surface area contributed by atoms with Crippen LogP contribution in [0.5, 0.6) is 11.6 Å². The third-order valence-corrected chi connectivity index (χ3v) is 2.97. The van der Waals surface area contributed by atoms with Gasteiger partial charge in [-0.1, -0.05) is 21.1 Å². The largest absolute Gasteiger partial charge is 0.432 e. The third-order valence-electron chi connectivity index (χ3n) is 2.47. The van der Waals surface area contributed by atoms with Gasteiger partial charge < -0.3 is 15.7 Å². The first-order valence-corrected chi connectivity index (χ1v) is 6.36. The van der Waals surface area contributed by atoms with Gasteiger partial charge in [-0.25, -0.2) is 4.98 Å². The molecule has 0 saturated heterocycles. The molecule has 1 aromatic heterocycles. The van der Waals surface area contributed by atoms with Gasteiger partial charge in [-0.2, -0.15) is 0 Å². The molecule has 0 fully saturated rings. The summed E-state index contributed by atoms with van der Waals surface area (Å²) >= 11 is 3.16. The molecule has 9 heteroatoms. The molecule has 2 rings (SSSR count). The Morgan fingerprint density at radius 3 is 2.76 bits per heavy atom. The van der Waals surface area contributed by atoms with E-state index < -0.39 is 4.92 Å². The van der Waals surface area contributed by atoms with Crippen LogP contribution in [-0.2, 0) is 0 Å². The van der Waals surface area contributed by atoms with Crippen LogP contribution < -0.4 is 10.5 Å². The fourth-order valence-electron chi connectivity index (χ4n) is 1.48. The molecule has 0 amide bonds. The number of benzene rings is 1. The summed E-state index contributed by atoms with van der Waals surface area (Å²) < 4.78 is 5.94. The average molecular weight is 353 g/mol. The fourth-order valence-corrected chi connectivity index (χ4v) is 1.83. The molecular formula is C12H9BrN4O4. The van der Waals surface area contributed by atoms with Crippen LogP contribution in [0.4, 0.5) is 5.69 Å². The van der Waals surface area contributed by atoms with Crippen LogP contribution in [-0.4, -0.2) is 21.0 Å². The number of hydrogen-bond donors (Lipinski definition) is 2. The normalized spacial score (nSPS) is 11.2. The number of nitrogens with zero attached hydrogens (tertiary/aromatic N) is 3. The van der Waals surface area contributed by atoms with Gasteiger partial charge in [-0.05, 0) is 18.2 Å². The van der Waals surface area contributed by atoms with E-state index in [0.29, 0.717) is 10.0 Å². The minimum atomic E-state index is -0.551. The number of pyridine rings is 1. The van der Waals surface area contributed by atoms with E-state index in [4.69, 9.17) is 15.7 Å². The van der Waals surface area contributed by atoms with Gasteiger partial charge in [0.25, 0.3) is 0 Å². The van der Waals surface area contributed by atoms with Crippen molar-refractivity contribution in [3.63, 3.8) is 0 Å². The molecule has 0 bridgehead atoms. The summed E-state index contributed by atoms with van der Waals surface area (Å²) in [6.07, 6.45) is 1.33. The number of nitro benzene ring substituents is 1. The number of ether oxygens (including phenoxy) is 1. The zero-order chi connectivity index (χ0) is 15.4. The molecule has 0 unspecified atom stereocenters. The summed E-state index contributed by atoms with van der Waals surface area (Å²) in [7, 11) is 0. The van der Waals surface area contributed by atoms with E-state index >= 15 is 0 Å². The van der Waals surface area contributed by atoms with Crippen LogP contribution in [0.15, 0.2) is 46.2 Å². The highest BCUT2D eigenvalue weighted by atomic mass is 79.9. The number of aromatic nitrogens is 1. The van der Waals surface area contributed by atoms with Gasteiger partial charge in [0, 0.05) is 28.4 Å². The fraction of sp³-hybridized carbons (Fsp3) is 0. The van der Waals surface area contributed by atoms with E-state index in [1.54, 1.807) is 6.07 Å². The van der Waals surface area contributed by atoms with E-state index in [9.17, 15) is 10.1 Å². The number of halogens is 1. The van der Waals surface area contributed by atoms with Crippen LogP contribution >= 0.6 is 15.9 Å². The highest BCUT2D eigenvalue weighted by Gasteiger charge is 2.16. The smallest absolute Gasteiger partial charge is 0.312 e.